The highest BCUT2D eigenvalue weighted by Gasteiger charge is 2.07. The smallest absolute Gasteiger partial charge is 0.339 e. The molecule has 0 saturated carbocycles. The van der Waals surface area contributed by atoms with Gasteiger partial charge in [0.2, 0.25) is 0 Å². The Labute approximate surface area is 95.3 Å². The molecular weight excluding hydrogens is 227 g/mol. The summed E-state index contributed by atoms with van der Waals surface area (Å²) in [6.45, 7) is 0. The molecule has 5 heteroatoms. The van der Waals surface area contributed by atoms with E-state index < -0.39 is 17.4 Å². The number of aliphatic carboxylic acids is 1. The van der Waals surface area contributed by atoms with Crippen LogP contribution < -0.4 is 5.63 Å². The average Bonchev–Trinajstić information content (AvgIpc) is 2.26. The number of carboxylic acids is 1. The van der Waals surface area contributed by atoms with Gasteiger partial charge in [0.1, 0.15) is 11.4 Å². The van der Waals surface area contributed by atoms with Crippen molar-refractivity contribution in [3.8, 4) is 0 Å². The number of hydrogen-bond acceptors (Lipinski definition) is 3. The van der Waals surface area contributed by atoms with E-state index in [4.69, 9.17) is 9.52 Å². The first-order chi connectivity index (χ1) is 8.06. The van der Waals surface area contributed by atoms with Crippen LogP contribution in [0, 0.1) is 5.82 Å². The molecule has 2 rings (SSSR count). The molecule has 0 aliphatic carbocycles. The molecule has 0 amide bonds. The topological polar surface area (TPSA) is 67.5 Å². The molecular formula is C12H9FO4. The van der Waals surface area contributed by atoms with Crippen molar-refractivity contribution in [3.63, 3.8) is 0 Å². The highest BCUT2D eigenvalue weighted by atomic mass is 19.1. The SMILES string of the molecule is O=C(O)CCc1cc2cc(F)ccc2oc1=O. The largest absolute Gasteiger partial charge is 0.481 e. The lowest BCUT2D eigenvalue weighted by molar-refractivity contribution is -0.136. The molecule has 0 bridgehead atoms. The molecule has 88 valence electrons. The van der Waals surface area contributed by atoms with E-state index in [0.717, 1.165) is 0 Å². The van der Waals surface area contributed by atoms with Crippen molar-refractivity contribution >= 4 is 16.9 Å². The Morgan fingerprint density at radius 1 is 1.35 bits per heavy atom. The van der Waals surface area contributed by atoms with Gasteiger partial charge in [0.05, 0.1) is 0 Å². The Hall–Kier alpha value is -2.17. The van der Waals surface area contributed by atoms with Gasteiger partial charge in [-0.05, 0) is 30.7 Å². The summed E-state index contributed by atoms with van der Waals surface area (Å²) in [4.78, 5) is 21.9. The summed E-state index contributed by atoms with van der Waals surface area (Å²) in [5.41, 5.74) is -0.0497. The fourth-order valence-electron chi connectivity index (χ4n) is 1.55. The third kappa shape index (κ3) is 2.50. The van der Waals surface area contributed by atoms with Crippen LogP contribution in [-0.2, 0) is 11.2 Å². The van der Waals surface area contributed by atoms with Crippen LogP contribution in [0.5, 0.6) is 0 Å². The second kappa shape index (κ2) is 4.37. The molecule has 17 heavy (non-hydrogen) atoms. The molecule has 0 unspecified atom stereocenters. The van der Waals surface area contributed by atoms with Crippen molar-refractivity contribution < 1.29 is 18.7 Å². The molecule has 2 aromatic rings. The number of rotatable bonds is 3. The van der Waals surface area contributed by atoms with E-state index in [1.807, 2.05) is 0 Å². The lowest BCUT2D eigenvalue weighted by atomic mass is 10.1. The maximum atomic E-state index is 13.0. The number of aryl methyl sites for hydroxylation is 1. The van der Waals surface area contributed by atoms with Crippen LogP contribution in [0.1, 0.15) is 12.0 Å². The molecule has 0 atom stereocenters. The van der Waals surface area contributed by atoms with E-state index in [-0.39, 0.29) is 24.0 Å². The molecule has 0 aliphatic heterocycles. The molecule has 1 heterocycles. The van der Waals surface area contributed by atoms with Gasteiger partial charge in [0, 0.05) is 17.4 Å². The van der Waals surface area contributed by atoms with Gasteiger partial charge < -0.3 is 9.52 Å². The predicted molar refractivity (Wildman–Crippen MR) is 58.4 cm³/mol. The Balaban J connectivity index is 2.46. The summed E-state index contributed by atoms with van der Waals surface area (Å²) in [5.74, 6) is -1.43. The fourth-order valence-corrected chi connectivity index (χ4v) is 1.55. The van der Waals surface area contributed by atoms with E-state index in [1.54, 1.807) is 0 Å². The molecule has 1 aromatic carbocycles. The van der Waals surface area contributed by atoms with Crippen LogP contribution in [0.2, 0.25) is 0 Å². The van der Waals surface area contributed by atoms with Gasteiger partial charge >= 0.3 is 11.6 Å². The first-order valence-corrected chi connectivity index (χ1v) is 5.00. The van der Waals surface area contributed by atoms with Gasteiger partial charge in [-0.15, -0.1) is 0 Å². The number of hydrogen-bond donors (Lipinski definition) is 1. The Morgan fingerprint density at radius 3 is 2.82 bits per heavy atom. The van der Waals surface area contributed by atoms with Crippen LogP contribution in [0.15, 0.2) is 33.5 Å². The summed E-state index contributed by atoms with van der Waals surface area (Å²) in [7, 11) is 0. The predicted octanol–water partition coefficient (Wildman–Crippen LogP) is 1.95. The van der Waals surface area contributed by atoms with E-state index >= 15 is 0 Å². The van der Waals surface area contributed by atoms with Crippen LogP contribution >= 0.6 is 0 Å². The van der Waals surface area contributed by atoms with Crippen molar-refractivity contribution in [2.75, 3.05) is 0 Å². The van der Waals surface area contributed by atoms with E-state index in [2.05, 4.69) is 0 Å². The Morgan fingerprint density at radius 2 is 2.12 bits per heavy atom. The van der Waals surface area contributed by atoms with Gasteiger partial charge in [-0.25, -0.2) is 9.18 Å². The summed E-state index contributed by atoms with van der Waals surface area (Å²) in [5, 5.41) is 8.98. The third-order valence-corrected chi connectivity index (χ3v) is 2.37. The number of fused-ring (bicyclic) bond motifs is 1. The molecule has 0 radical (unpaired) electrons. The maximum Gasteiger partial charge on any atom is 0.339 e. The van der Waals surface area contributed by atoms with Crippen LogP contribution in [0.3, 0.4) is 0 Å². The number of benzene rings is 1. The van der Waals surface area contributed by atoms with Crippen molar-refractivity contribution in [3.05, 3.63) is 46.1 Å². The van der Waals surface area contributed by atoms with Crippen LogP contribution in [0.25, 0.3) is 11.0 Å². The molecule has 0 saturated heterocycles. The molecule has 0 fully saturated rings. The van der Waals surface area contributed by atoms with Crippen LogP contribution in [0.4, 0.5) is 4.39 Å². The first-order valence-electron chi connectivity index (χ1n) is 5.00. The quantitative estimate of drug-likeness (QED) is 0.827. The standard InChI is InChI=1S/C12H9FO4/c13-9-2-3-10-8(6-9)5-7(12(16)17-10)1-4-11(14)15/h2-3,5-6H,1,4H2,(H,14,15). The van der Waals surface area contributed by atoms with Gasteiger partial charge in [0.15, 0.2) is 0 Å². The lowest BCUT2D eigenvalue weighted by Gasteiger charge is -2.00. The molecule has 4 nitrogen and oxygen atoms in total. The minimum atomic E-state index is -0.997. The van der Waals surface area contributed by atoms with Gasteiger partial charge in [0.25, 0.3) is 0 Å². The maximum absolute atomic E-state index is 13.0. The van der Waals surface area contributed by atoms with Gasteiger partial charge in [-0.3, -0.25) is 4.79 Å². The fraction of sp³-hybridized carbons (Fsp3) is 0.167. The normalized spacial score (nSPS) is 10.6. The van der Waals surface area contributed by atoms with Gasteiger partial charge in [-0.2, -0.15) is 0 Å². The van der Waals surface area contributed by atoms with Gasteiger partial charge in [-0.1, -0.05) is 0 Å². The zero-order valence-corrected chi connectivity index (χ0v) is 8.77. The van der Waals surface area contributed by atoms with Crippen molar-refractivity contribution in [2.45, 2.75) is 12.8 Å². The first kappa shape index (κ1) is 11.3. The third-order valence-electron chi connectivity index (χ3n) is 2.37. The van der Waals surface area contributed by atoms with E-state index in [0.29, 0.717) is 5.39 Å². The van der Waals surface area contributed by atoms with Crippen molar-refractivity contribution in [2.24, 2.45) is 0 Å². The number of halogens is 1. The average molecular weight is 236 g/mol. The zero-order chi connectivity index (χ0) is 12.4. The van der Waals surface area contributed by atoms with E-state index in [9.17, 15) is 14.0 Å². The Kier molecular flexibility index (Phi) is 2.91. The van der Waals surface area contributed by atoms with E-state index in [1.165, 1.54) is 24.3 Å². The monoisotopic (exact) mass is 236 g/mol. The molecule has 1 aromatic heterocycles. The minimum absolute atomic E-state index is 0.0735. The highest BCUT2D eigenvalue weighted by Crippen LogP contribution is 2.15. The number of carboxylic acid groups (broad SMARTS) is 1. The summed E-state index contributed by atoms with van der Waals surface area (Å²) in [6.07, 6.45) is -0.0876. The second-order valence-corrected chi connectivity index (χ2v) is 3.63. The number of carbonyl (C=O) groups is 1. The zero-order valence-electron chi connectivity index (χ0n) is 8.77. The van der Waals surface area contributed by atoms with Crippen LogP contribution in [-0.4, -0.2) is 11.1 Å². The summed E-state index contributed by atoms with van der Waals surface area (Å²) < 4.78 is 17.9. The summed E-state index contributed by atoms with van der Waals surface area (Å²) in [6, 6.07) is 5.27. The Bertz CT molecular complexity index is 630. The molecule has 1 N–H and O–H groups in total. The lowest BCUT2D eigenvalue weighted by Crippen LogP contribution is -2.09. The highest BCUT2D eigenvalue weighted by molar-refractivity contribution is 5.77. The molecule has 0 spiro atoms. The molecule has 0 aliphatic rings. The van der Waals surface area contributed by atoms with Crippen molar-refractivity contribution in [1.82, 2.24) is 0 Å². The van der Waals surface area contributed by atoms with Crippen molar-refractivity contribution in [1.29, 1.82) is 0 Å². The minimum Gasteiger partial charge on any atom is -0.481 e. The second-order valence-electron chi connectivity index (χ2n) is 3.63. The summed E-state index contributed by atoms with van der Waals surface area (Å²) >= 11 is 0.